The first-order valence-corrected chi connectivity index (χ1v) is 12.2. The zero-order valence-corrected chi connectivity index (χ0v) is 19.2. The van der Waals surface area contributed by atoms with Crippen molar-refractivity contribution in [3.05, 3.63) is 82.3 Å². The monoisotopic (exact) mass is 462 g/mol. The van der Waals surface area contributed by atoms with E-state index in [4.69, 9.17) is 4.74 Å². The van der Waals surface area contributed by atoms with Crippen LogP contribution in [0.1, 0.15) is 16.3 Å². The molecule has 0 unspecified atom stereocenters. The number of amides is 1. The topological polar surface area (TPSA) is 60.2 Å². The smallest absolute Gasteiger partial charge is 0.237 e. The fourth-order valence-corrected chi connectivity index (χ4v) is 5.42. The number of ether oxygens (including phenoxy) is 1. The summed E-state index contributed by atoms with van der Waals surface area (Å²) in [5.41, 5.74) is 3.20. The van der Waals surface area contributed by atoms with Crippen LogP contribution in [0.3, 0.4) is 0 Å². The lowest BCUT2D eigenvalue weighted by Crippen LogP contribution is -2.30. The number of thiophene rings is 1. The summed E-state index contributed by atoms with van der Waals surface area (Å²) in [5.74, 6) is 2.03. The zero-order valence-electron chi connectivity index (χ0n) is 17.6. The maximum Gasteiger partial charge on any atom is 0.237 e. The summed E-state index contributed by atoms with van der Waals surface area (Å²) in [7, 11) is 1.65. The minimum absolute atomic E-state index is 0.0871. The van der Waals surface area contributed by atoms with Gasteiger partial charge in [0.15, 0.2) is 5.16 Å². The number of benzene rings is 2. The number of thioether (sulfide) groups is 1. The van der Waals surface area contributed by atoms with Crippen LogP contribution in [0.15, 0.2) is 71.2 Å². The molecular formula is C24H22N4O2S2. The fraction of sp³-hybridized carbons (Fsp3) is 0.208. The number of carbonyl (C=O) groups excluding carboxylic acids is 1. The molecule has 8 heteroatoms. The summed E-state index contributed by atoms with van der Waals surface area (Å²) < 4.78 is 7.34. The number of rotatable bonds is 7. The third-order valence-electron chi connectivity index (χ3n) is 5.46. The van der Waals surface area contributed by atoms with Crippen molar-refractivity contribution >= 4 is 34.7 Å². The van der Waals surface area contributed by atoms with E-state index in [1.54, 1.807) is 18.4 Å². The molecule has 0 aliphatic carbocycles. The van der Waals surface area contributed by atoms with Crippen molar-refractivity contribution in [3.8, 4) is 11.4 Å². The maximum atomic E-state index is 13.0. The first-order valence-electron chi connectivity index (χ1n) is 10.3. The van der Waals surface area contributed by atoms with Gasteiger partial charge in [0.2, 0.25) is 5.91 Å². The summed E-state index contributed by atoms with van der Waals surface area (Å²) in [6.07, 6.45) is 1.59. The Labute approximate surface area is 194 Å². The minimum Gasteiger partial charge on any atom is -0.497 e. The molecule has 0 radical (unpaired) electrons. The number of methoxy groups -OCH3 is 1. The van der Waals surface area contributed by atoms with Crippen LogP contribution in [-0.2, 0) is 17.6 Å². The highest BCUT2D eigenvalue weighted by Gasteiger charge is 2.25. The van der Waals surface area contributed by atoms with Gasteiger partial charge in [0.1, 0.15) is 11.6 Å². The molecule has 3 heterocycles. The highest BCUT2D eigenvalue weighted by Crippen LogP contribution is 2.30. The Hall–Kier alpha value is -3.10. The van der Waals surface area contributed by atoms with Gasteiger partial charge >= 0.3 is 0 Å². The highest BCUT2D eigenvalue weighted by atomic mass is 32.2. The van der Waals surface area contributed by atoms with Crippen LogP contribution in [0.5, 0.6) is 5.75 Å². The first kappa shape index (κ1) is 20.8. The van der Waals surface area contributed by atoms with Crippen LogP contribution in [-0.4, -0.2) is 40.1 Å². The van der Waals surface area contributed by atoms with Crippen molar-refractivity contribution in [2.24, 2.45) is 0 Å². The summed E-state index contributed by atoms with van der Waals surface area (Å²) in [6, 6.07) is 20.1. The molecule has 162 valence electrons. The zero-order chi connectivity index (χ0) is 21.9. The van der Waals surface area contributed by atoms with Gasteiger partial charge in [-0.25, -0.2) is 0 Å². The van der Waals surface area contributed by atoms with Gasteiger partial charge in [0.25, 0.3) is 0 Å². The summed E-state index contributed by atoms with van der Waals surface area (Å²) in [5, 5.41) is 11.7. The molecule has 1 aliphatic rings. The van der Waals surface area contributed by atoms with Gasteiger partial charge in [-0.2, -0.15) is 0 Å². The third-order valence-corrected chi connectivity index (χ3v) is 7.25. The molecule has 5 rings (SSSR count). The molecule has 0 bridgehead atoms. The molecule has 0 fully saturated rings. The van der Waals surface area contributed by atoms with Crippen LogP contribution < -0.4 is 9.64 Å². The van der Waals surface area contributed by atoms with Gasteiger partial charge < -0.3 is 9.64 Å². The molecule has 0 N–H and O–H groups in total. The minimum atomic E-state index is 0.0871. The molecule has 0 saturated heterocycles. The molecule has 2 aromatic carbocycles. The van der Waals surface area contributed by atoms with Crippen LogP contribution in [0, 0.1) is 0 Å². The van der Waals surface area contributed by atoms with Gasteiger partial charge in [0.05, 0.1) is 12.9 Å². The van der Waals surface area contributed by atoms with Crippen LogP contribution in [0.2, 0.25) is 0 Å². The number of anilines is 1. The Kier molecular flexibility index (Phi) is 5.96. The van der Waals surface area contributed by atoms with Gasteiger partial charge in [-0.05, 0) is 53.8 Å². The molecule has 2 aromatic heterocycles. The van der Waals surface area contributed by atoms with Gasteiger partial charge in [-0.15, -0.1) is 21.5 Å². The van der Waals surface area contributed by atoms with E-state index in [0.717, 1.165) is 35.9 Å². The summed E-state index contributed by atoms with van der Waals surface area (Å²) >= 11 is 3.12. The van der Waals surface area contributed by atoms with Gasteiger partial charge in [-0.3, -0.25) is 9.36 Å². The summed E-state index contributed by atoms with van der Waals surface area (Å²) in [6.45, 7) is 0.730. The van der Waals surface area contributed by atoms with E-state index in [0.29, 0.717) is 17.3 Å². The molecule has 4 aromatic rings. The lowest BCUT2D eigenvalue weighted by atomic mass is 10.2. The number of aromatic nitrogens is 3. The second-order valence-corrected chi connectivity index (χ2v) is 9.38. The predicted octanol–water partition coefficient (Wildman–Crippen LogP) is 4.61. The Morgan fingerprint density at radius 1 is 1.09 bits per heavy atom. The van der Waals surface area contributed by atoms with Crippen molar-refractivity contribution in [2.45, 2.75) is 18.0 Å². The van der Waals surface area contributed by atoms with Crippen molar-refractivity contribution < 1.29 is 9.53 Å². The number of fused-ring (bicyclic) bond motifs is 1. The number of hydrogen-bond donors (Lipinski definition) is 0. The van der Waals surface area contributed by atoms with Crippen LogP contribution >= 0.6 is 23.1 Å². The Bertz CT molecular complexity index is 1220. The molecule has 6 nitrogen and oxygen atoms in total. The summed E-state index contributed by atoms with van der Waals surface area (Å²) in [4.78, 5) is 16.1. The normalized spacial score (nSPS) is 12.7. The number of nitrogens with zero attached hydrogens (tertiary/aromatic N) is 4. The van der Waals surface area contributed by atoms with Crippen molar-refractivity contribution in [1.82, 2.24) is 14.8 Å². The third kappa shape index (κ3) is 4.16. The molecule has 1 aliphatic heterocycles. The standard InChI is InChI=1S/C24H22N4O2S2/c1-30-19-10-8-18(9-11-19)28-22(15-20-6-4-14-31-20)25-26-24(28)32-16-23(29)27-13-12-17-5-2-3-7-21(17)27/h2-11,14H,12-13,15-16H2,1H3. The molecule has 0 atom stereocenters. The van der Waals surface area contributed by atoms with Crippen molar-refractivity contribution in [1.29, 1.82) is 0 Å². The molecule has 0 saturated carbocycles. The Balaban J connectivity index is 1.39. The second kappa shape index (κ2) is 9.18. The van der Waals surface area contributed by atoms with Crippen molar-refractivity contribution in [2.75, 3.05) is 24.3 Å². The maximum absolute atomic E-state index is 13.0. The molecule has 0 spiro atoms. The highest BCUT2D eigenvalue weighted by molar-refractivity contribution is 7.99. The Morgan fingerprint density at radius 2 is 1.94 bits per heavy atom. The average Bonchev–Trinajstić information content (AvgIpc) is 3.58. The molecular weight excluding hydrogens is 440 g/mol. The van der Waals surface area contributed by atoms with Gasteiger partial charge in [0, 0.05) is 29.2 Å². The molecule has 32 heavy (non-hydrogen) atoms. The number of para-hydroxylation sites is 1. The predicted molar refractivity (Wildman–Crippen MR) is 128 cm³/mol. The lowest BCUT2D eigenvalue weighted by Gasteiger charge is -2.17. The van der Waals surface area contributed by atoms with E-state index in [1.807, 2.05) is 58.0 Å². The average molecular weight is 463 g/mol. The van der Waals surface area contributed by atoms with Crippen LogP contribution in [0.25, 0.3) is 5.69 Å². The fourth-order valence-electron chi connectivity index (χ4n) is 3.87. The first-order chi connectivity index (χ1) is 15.7. The second-order valence-electron chi connectivity index (χ2n) is 7.40. The quantitative estimate of drug-likeness (QED) is 0.376. The van der Waals surface area contributed by atoms with Gasteiger partial charge in [-0.1, -0.05) is 36.0 Å². The van der Waals surface area contributed by atoms with Crippen LogP contribution in [0.4, 0.5) is 5.69 Å². The van der Waals surface area contributed by atoms with Crippen molar-refractivity contribution in [3.63, 3.8) is 0 Å². The van der Waals surface area contributed by atoms with E-state index in [-0.39, 0.29) is 5.91 Å². The Morgan fingerprint density at radius 3 is 2.72 bits per heavy atom. The van der Waals surface area contributed by atoms with E-state index < -0.39 is 0 Å². The largest absolute Gasteiger partial charge is 0.497 e. The lowest BCUT2D eigenvalue weighted by molar-refractivity contribution is -0.116. The van der Waals surface area contributed by atoms with E-state index in [1.165, 1.54) is 22.2 Å². The number of hydrogen-bond acceptors (Lipinski definition) is 6. The van der Waals surface area contributed by atoms with E-state index in [9.17, 15) is 4.79 Å². The SMILES string of the molecule is COc1ccc(-n2c(Cc3cccs3)nnc2SCC(=O)N2CCc3ccccc32)cc1. The van der Waals surface area contributed by atoms with E-state index in [2.05, 4.69) is 27.7 Å². The number of carbonyl (C=O) groups is 1. The van der Waals surface area contributed by atoms with E-state index >= 15 is 0 Å². The molecule has 1 amide bonds.